The summed E-state index contributed by atoms with van der Waals surface area (Å²) in [7, 11) is 0. The van der Waals surface area contributed by atoms with Gasteiger partial charge in [-0.25, -0.2) is 4.39 Å². The molecule has 4 rings (SSSR count). The lowest BCUT2D eigenvalue weighted by Gasteiger charge is -2.16. The zero-order chi connectivity index (χ0) is 16.5. The number of nitrogens with one attached hydrogen (secondary N) is 3. The molecule has 24 heavy (non-hydrogen) atoms. The van der Waals surface area contributed by atoms with Gasteiger partial charge in [0.15, 0.2) is 0 Å². The molecule has 1 fully saturated rings. The van der Waals surface area contributed by atoms with E-state index in [9.17, 15) is 4.39 Å². The van der Waals surface area contributed by atoms with Crippen molar-refractivity contribution in [1.82, 2.24) is 5.32 Å². The van der Waals surface area contributed by atoms with Gasteiger partial charge in [-0.15, -0.1) is 11.8 Å². The maximum absolute atomic E-state index is 13.1. The van der Waals surface area contributed by atoms with Crippen molar-refractivity contribution in [2.45, 2.75) is 29.7 Å². The Bertz CT molecular complexity index is 732. The van der Waals surface area contributed by atoms with E-state index in [1.165, 1.54) is 41.1 Å². The van der Waals surface area contributed by atoms with Gasteiger partial charge < -0.3 is 16.0 Å². The van der Waals surface area contributed by atoms with Crippen LogP contribution >= 0.6 is 11.8 Å². The molecule has 0 bridgehead atoms. The van der Waals surface area contributed by atoms with E-state index < -0.39 is 0 Å². The summed E-state index contributed by atoms with van der Waals surface area (Å²) < 4.78 is 13.1. The number of hydrogen-bond donors (Lipinski definition) is 3. The summed E-state index contributed by atoms with van der Waals surface area (Å²) in [5, 5.41) is 10.7. The lowest BCUT2D eigenvalue weighted by atomic mass is 9.93. The minimum Gasteiger partial charge on any atom is -0.381 e. The van der Waals surface area contributed by atoms with Crippen molar-refractivity contribution < 1.29 is 4.39 Å². The zero-order valence-electron chi connectivity index (χ0n) is 13.7. The van der Waals surface area contributed by atoms with Crippen LogP contribution in [0.15, 0.2) is 41.3 Å². The van der Waals surface area contributed by atoms with Gasteiger partial charge in [-0.3, -0.25) is 0 Å². The Morgan fingerprint density at radius 2 is 2.00 bits per heavy atom. The third-order valence-electron chi connectivity index (χ3n) is 4.93. The van der Waals surface area contributed by atoms with E-state index in [4.69, 9.17) is 0 Å². The van der Waals surface area contributed by atoms with E-state index in [-0.39, 0.29) is 5.82 Å². The molecule has 0 aliphatic carbocycles. The smallest absolute Gasteiger partial charge is 0.123 e. The molecule has 1 saturated heterocycles. The van der Waals surface area contributed by atoms with Crippen LogP contribution < -0.4 is 16.0 Å². The Labute approximate surface area is 146 Å². The fourth-order valence-electron chi connectivity index (χ4n) is 3.75. The molecule has 5 heteroatoms. The number of benzene rings is 2. The average Bonchev–Trinajstić information content (AvgIpc) is 2.78. The van der Waals surface area contributed by atoms with Crippen LogP contribution in [0.3, 0.4) is 0 Å². The first-order chi connectivity index (χ1) is 11.7. The Morgan fingerprint density at radius 3 is 2.79 bits per heavy atom. The Kier molecular flexibility index (Phi) is 4.37. The van der Waals surface area contributed by atoms with Crippen LogP contribution in [0.5, 0.6) is 0 Å². The highest BCUT2D eigenvalue weighted by atomic mass is 32.2. The van der Waals surface area contributed by atoms with Crippen LogP contribution in [0, 0.1) is 5.82 Å². The number of halogens is 1. The van der Waals surface area contributed by atoms with Crippen LogP contribution in [-0.2, 0) is 0 Å². The minimum absolute atomic E-state index is 0.212. The highest BCUT2D eigenvalue weighted by molar-refractivity contribution is 7.98. The molecule has 0 spiro atoms. The fourth-order valence-corrected chi connectivity index (χ4v) is 4.38. The number of thioether (sulfide) groups is 1. The molecule has 2 aromatic rings. The van der Waals surface area contributed by atoms with E-state index in [1.807, 2.05) is 0 Å². The maximum atomic E-state index is 13.1. The maximum Gasteiger partial charge on any atom is 0.123 e. The first-order valence-electron chi connectivity index (χ1n) is 8.46. The standard InChI is InChI=1S/C19H22FN3S/c1-24-18-10-14(22-13-6-4-12(20)5-7-13)9-15-16-11-21-8-2-3-17(16)23-19(15)18/h4-7,9-10,16-17,21-23H,2-3,8,11H2,1H3/t16-,17-/m0/s1. The summed E-state index contributed by atoms with van der Waals surface area (Å²) in [6.07, 6.45) is 4.55. The van der Waals surface area contributed by atoms with Gasteiger partial charge in [-0.2, -0.15) is 0 Å². The van der Waals surface area contributed by atoms with E-state index in [1.54, 1.807) is 23.9 Å². The van der Waals surface area contributed by atoms with Crippen molar-refractivity contribution >= 4 is 28.8 Å². The van der Waals surface area contributed by atoms with Crippen LogP contribution in [0.25, 0.3) is 0 Å². The fraction of sp³-hybridized carbons (Fsp3) is 0.368. The predicted molar refractivity (Wildman–Crippen MR) is 100 cm³/mol. The number of hydrogen-bond acceptors (Lipinski definition) is 4. The molecule has 0 amide bonds. The van der Waals surface area contributed by atoms with E-state index in [0.29, 0.717) is 12.0 Å². The van der Waals surface area contributed by atoms with Crippen molar-refractivity contribution in [3.05, 3.63) is 47.8 Å². The second kappa shape index (κ2) is 6.65. The van der Waals surface area contributed by atoms with Gasteiger partial charge in [-0.05, 0) is 67.6 Å². The topological polar surface area (TPSA) is 36.1 Å². The molecule has 0 saturated carbocycles. The number of rotatable bonds is 3. The summed E-state index contributed by atoms with van der Waals surface area (Å²) in [6.45, 7) is 2.13. The molecule has 3 nitrogen and oxygen atoms in total. The van der Waals surface area contributed by atoms with Gasteiger partial charge in [0.05, 0.1) is 5.69 Å². The van der Waals surface area contributed by atoms with Crippen LogP contribution in [0.4, 0.5) is 21.5 Å². The second-order valence-electron chi connectivity index (χ2n) is 6.48. The molecule has 126 valence electrons. The highest BCUT2D eigenvalue weighted by Crippen LogP contribution is 2.45. The summed E-state index contributed by atoms with van der Waals surface area (Å²) in [4.78, 5) is 1.27. The molecule has 2 aromatic carbocycles. The van der Waals surface area contributed by atoms with Crippen LogP contribution in [0.2, 0.25) is 0 Å². The molecule has 2 aliphatic rings. The highest BCUT2D eigenvalue weighted by Gasteiger charge is 2.34. The Balaban J connectivity index is 1.68. The molecule has 2 aliphatic heterocycles. The van der Waals surface area contributed by atoms with Gasteiger partial charge in [0.25, 0.3) is 0 Å². The lowest BCUT2D eigenvalue weighted by Crippen LogP contribution is -2.25. The molecule has 0 unspecified atom stereocenters. The molecule has 0 radical (unpaired) electrons. The van der Waals surface area contributed by atoms with Crippen molar-refractivity contribution in [1.29, 1.82) is 0 Å². The molecular formula is C19H22FN3S. The monoisotopic (exact) mass is 343 g/mol. The first-order valence-corrected chi connectivity index (χ1v) is 9.69. The molecule has 3 N–H and O–H groups in total. The zero-order valence-corrected chi connectivity index (χ0v) is 14.5. The van der Waals surface area contributed by atoms with E-state index in [0.717, 1.165) is 24.5 Å². The molecule has 0 aromatic heterocycles. The summed E-state index contributed by atoms with van der Waals surface area (Å²) in [5.74, 6) is 0.305. The van der Waals surface area contributed by atoms with Crippen molar-refractivity contribution in [2.75, 3.05) is 30.0 Å². The van der Waals surface area contributed by atoms with Gasteiger partial charge in [0.1, 0.15) is 5.82 Å². The lowest BCUT2D eigenvalue weighted by molar-refractivity contribution is 0.580. The van der Waals surface area contributed by atoms with Crippen molar-refractivity contribution in [3.63, 3.8) is 0 Å². The number of fused-ring (bicyclic) bond motifs is 3. The summed E-state index contributed by atoms with van der Waals surface area (Å²) in [5.41, 5.74) is 4.66. The first kappa shape index (κ1) is 15.8. The minimum atomic E-state index is -0.212. The van der Waals surface area contributed by atoms with Crippen molar-refractivity contribution in [2.24, 2.45) is 0 Å². The van der Waals surface area contributed by atoms with Crippen LogP contribution in [-0.4, -0.2) is 25.4 Å². The summed E-state index contributed by atoms with van der Waals surface area (Å²) in [6, 6.07) is 11.5. The van der Waals surface area contributed by atoms with Crippen LogP contribution in [0.1, 0.15) is 24.3 Å². The second-order valence-corrected chi connectivity index (χ2v) is 7.33. The van der Waals surface area contributed by atoms with Gasteiger partial charge in [0, 0.05) is 34.8 Å². The quantitative estimate of drug-likeness (QED) is 0.715. The van der Waals surface area contributed by atoms with E-state index in [2.05, 4.69) is 34.3 Å². The van der Waals surface area contributed by atoms with Gasteiger partial charge >= 0.3 is 0 Å². The number of anilines is 3. The van der Waals surface area contributed by atoms with Crippen molar-refractivity contribution in [3.8, 4) is 0 Å². The Morgan fingerprint density at radius 1 is 1.17 bits per heavy atom. The third kappa shape index (κ3) is 2.98. The third-order valence-corrected chi connectivity index (χ3v) is 5.70. The molecular weight excluding hydrogens is 321 g/mol. The summed E-state index contributed by atoms with van der Waals surface area (Å²) >= 11 is 1.77. The molecule has 2 heterocycles. The average molecular weight is 343 g/mol. The Hall–Kier alpha value is -1.72. The van der Waals surface area contributed by atoms with E-state index >= 15 is 0 Å². The largest absolute Gasteiger partial charge is 0.381 e. The predicted octanol–water partition coefficient (Wildman–Crippen LogP) is 4.55. The SMILES string of the molecule is CSc1cc(Nc2ccc(F)cc2)cc2c1N[C@H]1CCCNC[C@@H]21. The molecule has 2 atom stereocenters. The normalized spacial score (nSPS) is 22.2. The van der Waals surface area contributed by atoms with Gasteiger partial charge in [-0.1, -0.05) is 0 Å². The van der Waals surface area contributed by atoms with Gasteiger partial charge in [0.2, 0.25) is 0 Å².